The van der Waals surface area contributed by atoms with Gasteiger partial charge in [-0.2, -0.15) is 0 Å². The monoisotopic (exact) mass is 359 g/mol. The summed E-state index contributed by atoms with van der Waals surface area (Å²) in [6.45, 7) is 2.26. The molecule has 0 saturated heterocycles. The largest absolute Gasteiger partial charge is 0.497 e. The third kappa shape index (κ3) is 5.43. The molecule has 0 fully saturated rings. The highest BCUT2D eigenvalue weighted by Gasteiger charge is 2.03. The van der Waals surface area contributed by atoms with Gasteiger partial charge in [0, 0.05) is 17.3 Å². The molecular formula is C25H29NO. The van der Waals surface area contributed by atoms with E-state index in [1.54, 1.807) is 7.11 Å². The highest BCUT2D eigenvalue weighted by atomic mass is 16.5. The van der Waals surface area contributed by atoms with Gasteiger partial charge in [-0.1, -0.05) is 75.1 Å². The fourth-order valence-corrected chi connectivity index (χ4v) is 3.29. The predicted molar refractivity (Wildman–Crippen MR) is 114 cm³/mol. The molecule has 3 aromatic rings. The number of hydrogen-bond donors (Lipinski definition) is 0. The standard InChI is InChI=1S/C25H29NO/c1-3-4-5-6-7-8-20-9-11-22(12-10-20)25-18-15-23(19-26-25)21-13-16-24(27-2)17-14-21/h9-19H,3-8H2,1-2H3. The van der Waals surface area contributed by atoms with Crippen molar-refractivity contribution in [3.63, 3.8) is 0 Å². The third-order valence-corrected chi connectivity index (χ3v) is 5.01. The Labute approximate surface area is 163 Å². The summed E-state index contributed by atoms with van der Waals surface area (Å²) in [7, 11) is 1.68. The van der Waals surface area contributed by atoms with E-state index in [2.05, 4.69) is 60.4 Å². The minimum absolute atomic E-state index is 0.869. The van der Waals surface area contributed by atoms with Gasteiger partial charge in [0.2, 0.25) is 0 Å². The van der Waals surface area contributed by atoms with E-state index >= 15 is 0 Å². The van der Waals surface area contributed by atoms with Gasteiger partial charge in [-0.05, 0) is 42.2 Å². The number of unbranched alkanes of at least 4 members (excludes halogenated alkanes) is 4. The molecule has 1 heterocycles. The van der Waals surface area contributed by atoms with Crippen LogP contribution in [-0.2, 0) is 6.42 Å². The van der Waals surface area contributed by atoms with Crippen molar-refractivity contribution >= 4 is 0 Å². The van der Waals surface area contributed by atoms with Crippen molar-refractivity contribution in [1.29, 1.82) is 0 Å². The maximum atomic E-state index is 5.22. The lowest BCUT2D eigenvalue weighted by Gasteiger charge is -2.07. The summed E-state index contributed by atoms with van der Waals surface area (Å²) in [6.07, 6.45) is 9.76. The van der Waals surface area contributed by atoms with Gasteiger partial charge in [0.25, 0.3) is 0 Å². The van der Waals surface area contributed by atoms with Crippen molar-refractivity contribution in [2.45, 2.75) is 45.4 Å². The molecule has 0 saturated carbocycles. The molecule has 0 bridgehead atoms. The number of rotatable bonds is 9. The van der Waals surface area contributed by atoms with Gasteiger partial charge >= 0.3 is 0 Å². The molecule has 0 aliphatic heterocycles. The van der Waals surface area contributed by atoms with Gasteiger partial charge in [0.1, 0.15) is 5.75 Å². The zero-order valence-electron chi connectivity index (χ0n) is 16.4. The van der Waals surface area contributed by atoms with Crippen molar-refractivity contribution in [3.8, 4) is 28.1 Å². The molecule has 0 aliphatic rings. The molecule has 0 atom stereocenters. The minimum Gasteiger partial charge on any atom is -0.497 e. The molecule has 0 aliphatic carbocycles. The molecule has 27 heavy (non-hydrogen) atoms. The van der Waals surface area contributed by atoms with Gasteiger partial charge in [-0.15, -0.1) is 0 Å². The molecule has 2 heteroatoms. The van der Waals surface area contributed by atoms with Crippen LogP contribution in [0.15, 0.2) is 66.9 Å². The summed E-state index contributed by atoms with van der Waals surface area (Å²) < 4.78 is 5.22. The highest BCUT2D eigenvalue weighted by Crippen LogP contribution is 2.25. The second-order valence-corrected chi connectivity index (χ2v) is 7.02. The lowest BCUT2D eigenvalue weighted by molar-refractivity contribution is 0.415. The summed E-state index contributed by atoms with van der Waals surface area (Å²) in [5.41, 5.74) is 5.87. The number of hydrogen-bond acceptors (Lipinski definition) is 2. The molecule has 2 aromatic carbocycles. The van der Waals surface area contributed by atoms with Crippen molar-refractivity contribution in [2.75, 3.05) is 7.11 Å². The fourth-order valence-electron chi connectivity index (χ4n) is 3.29. The second kappa shape index (κ2) is 9.91. The summed E-state index contributed by atoms with van der Waals surface area (Å²) in [5.74, 6) is 0.869. The Morgan fingerprint density at radius 1 is 0.704 bits per heavy atom. The zero-order valence-corrected chi connectivity index (χ0v) is 16.4. The Kier molecular flexibility index (Phi) is 7.04. The van der Waals surface area contributed by atoms with E-state index in [-0.39, 0.29) is 0 Å². The maximum absolute atomic E-state index is 5.22. The molecule has 3 rings (SSSR count). The molecule has 0 unspecified atom stereocenters. The van der Waals surface area contributed by atoms with Crippen molar-refractivity contribution in [2.24, 2.45) is 0 Å². The fraction of sp³-hybridized carbons (Fsp3) is 0.320. The molecule has 1 aromatic heterocycles. The number of aromatic nitrogens is 1. The molecular weight excluding hydrogens is 330 g/mol. The van der Waals surface area contributed by atoms with Crippen LogP contribution in [0.5, 0.6) is 5.75 Å². The summed E-state index contributed by atoms with van der Waals surface area (Å²) >= 11 is 0. The first-order valence-corrected chi connectivity index (χ1v) is 10.00. The minimum atomic E-state index is 0.869. The quantitative estimate of drug-likeness (QED) is 0.386. The Hall–Kier alpha value is -2.61. The van der Waals surface area contributed by atoms with Gasteiger partial charge in [0.15, 0.2) is 0 Å². The van der Waals surface area contributed by atoms with Crippen LogP contribution < -0.4 is 4.74 Å². The van der Waals surface area contributed by atoms with Crippen LogP contribution in [-0.4, -0.2) is 12.1 Å². The number of methoxy groups -OCH3 is 1. The van der Waals surface area contributed by atoms with Gasteiger partial charge in [0.05, 0.1) is 12.8 Å². The Morgan fingerprint density at radius 2 is 1.37 bits per heavy atom. The van der Waals surface area contributed by atoms with Gasteiger partial charge in [-0.3, -0.25) is 4.98 Å². The van der Waals surface area contributed by atoms with Crippen LogP contribution >= 0.6 is 0 Å². The Morgan fingerprint density at radius 3 is 2.00 bits per heavy atom. The average Bonchev–Trinajstić information content (AvgIpc) is 2.74. The van der Waals surface area contributed by atoms with Gasteiger partial charge in [-0.25, -0.2) is 0 Å². The normalized spacial score (nSPS) is 10.7. The van der Waals surface area contributed by atoms with Crippen LogP contribution in [0.2, 0.25) is 0 Å². The number of ether oxygens (including phenoxy) is 1. The van der Waals surface area contributed by atoms with E-state index in [9.17, 15) is 0 Å². The van der Waals surface area contributed by atoms with Crippen LogP contribution in [0, 0.1) is 0 Å². The maximum Gasteiger partial charge on any atom is 0.118 e. The number of pyridine rings is 1. The third-order valence-electron chi connectivity index (χ3n) is 5.01. The van der Waals surface area contributed by atoms with Crippen molar-refractivity contribution in [1.82, 2.24) is 4.98 Å². The second-order valence-electron chi connectivity index (χ2n) is 7.02. The van der Waals surface area contributed by atoms with E-state index < -0.39 is 0 Å². The topological polar surface area (TPSA) is 22.1 Å². The highest BCUT2D eigenvalue weighted by molar-refractivity contribution is 5.67. The molecule has 0 N–H and O–H groups in total. The van der Waals surface area contributed by atoms with Crippen molar-refractivity contribution < 1.29 is 4.74 Å². The number of nitrogens with zero attached hydrogens (tertiary/aromatic N) is 1. The molecule has 0 spiro atoms. The first kappa shape index (κ1) is 19.2. The lowest BCUT2D eigenvalue weighted by atomic mass is 10.0. The molecule has 140 valence electrons. The van der Waals surface area contributed by atoms with Gasteiger partial charge < -0.3 is 4.74 Å². The van der Waals surface area contributed by atoms with Crippen LogP contribution in [0.4, 0.5) is 0 Å². The van der Waals surface area contributed by atoms with E-state index in [4.69, 9.17) is 4.74 Å². The van der Waals surface area contributed by atoms with E-state index in [1.807, 2.05) is 18.3 Å². The summed E-state index contributed by atoms with van der Waals surface area (Å²) in [5, 5.41) is 0. The molecule has 0 radical (unpaired) electrons. The molecule has 0 amide bonds. The van der Waals surface area contributed by atoms with E-state index in [0.717, 1.165) is 22.6 Å². The SMILES string of the molecule is CCCCCCCc1ccc(-c2ccc(-c3ccc(OC)cc3)cn2)cc1. The summed E-state index contributed by atoms with van der Waals surface area (Å²) in [6, 6.07) is 21.2. The van der Waals surface area contributed by atoms with Crippen LogP contribution in [0.3, 0.4) is 0 Å². The van der Waals surface area contributed by atoms with Crippen molar-refractivity contribution in [3.05, 3.63) is 72.4 Å². The van der Waals surface area contributed by atoms with E-state index in [1.165, 1.54) is 49.7 Å². The number of aryl methyl sites for hydroxylation is 1. The van der Waals surface area contributed by atoms with E-state index in [0.29, 0.717) is 0 Å². The molecule has 2 nitrogen and oxygen atoms in total. The lowest BCUT2D eigenvalue weighted by Crippen LogP contribution is -1.89. The van der Waals surface area contributed by atoms with Crippen LogP contribution in [0.1, 0.15) is 44.6 Å². The van der Waals surface area contributed by atoms with Crippen LogP contribution in [0.25, 0.3) is 22.4 Å². The first-order valence-electron chi connectivity index (χ1n) is 10.00. The smallest absolute Gasteiger partial charge is 0.118 e. The Balaban J connectivity index is 1.61. The summed E-state index contributed by atoms with van der Waals surface area (Å²) in [4.78, 5) is 4.66. The first-order chi connectivity index (χ1) is 13.3. The Bertz CT molecular complexity index is 804. The average molecular weight is 360 g/mol. The number of benzene rings is 2. The predicted octanol–water partition coefficient (Wildman–Crippen LogP) is 6.94. The zero-order chi connectivity index (χ0) is 18.9.